The van der Waals surface area contributed by atoms with Gasteiger partial charge in [0.1, 0.15) is 5.69 Å². The molecule has 108 valence electrons. The van der Waals surface area contributed by atoms with Crippen LogP contribution in [0.25, 0.3) is 11.6 Å². The lowest BCUT2D eigenvalue weighted by atomic mass is 10.1. The zero-order valence-corrected chi connectivity index (χ0v) is 12.3. The van der Waals surface area contributed by atoms with Crippen molar-refractivity contribution in [1.82, 2.24) is 15.1 Å². The van der Waals surface area contributed by atoms with E-state index in [4.69, 9.17) is 10.3 Å². The van der Waals surface area contributed by atoms with Crippen LogP contribution in [0.2, 0.25) is 0 Å². The van der Waals surface area contributed by atoms with Gasteiger partial charge >= 0.3 is 0 Å². The molecule has 2 heterocycles. The minimum atomic E-state index is 0.484. The molecule has 0 unspecified atom stereocenters. The van der Waals surface area contributed by atoms with Crippen molar-refractivity contribution in [3.8, 4) is 11.6 Å². The molecule has 0 amide bonds. The molecule has 0 bridgehead atoms. The fraction of sp³-hybridized carbons (Fsp3) is 0.267. The predicted octanol–water partition coefficient (Wildman–Crippen LogP) is 2.48. The summed E-state index contributed by atoms with van der Waals surface area (Å²) in [6, 6.07) is 10.3. The molecule has 0 radical (unpaired) electrons. The molecule has 2 N–H and O–H groups in total. The van der Waals surface area contributed by atoms with E-state index in [0.717, 1.165) is 30.0 Å². The molecular formula is C15H16N4OS. The molecule has 0 saturated heterocycles. The van der Waals surface area contributed by atoms with Gasteiger partial charge in [-0.1, -0.05) is 35.5 Å². The molecule has 0 aliphatic carbocycles. The molecule has 21 heavy (non-hydrogen) atoms. The van der Waals surface area contributed by atoms with Crippen LogP contribution in [0.4, 0.5) is 0 Å². The van der Waals surface area contributed by atoms with E-state index in [1.54, 1.807) is 11.3 Å². The minimum Gasteiger partial charge on any atom is -0.332 e. The van der Waals surface area contributed by atoms with Crippen LogP contribution in [-0.4, -0.2) is 21.7 Å². The highest BCUT2D eigenvalue weighted by atomic mass is 32.1. The van der Waals surface area contributed by atoms with E-state index in [-0.39, 0.29) is 0 Å². The highest BCUT2D eigenvalue weighted by Gasteiger charge is 2.12. The number of hydrogen-bond donors (Lipinski definition) is 1. The number of nitrogens with two attached hydrogens (primary N) is 1. The van der Waals surface area contributed by atoms with Gasteiger partial charge in [-0.05, 0) is 18.5 Å². The molecular weight excluding hydrogens is 284 g/mol. The predicted molar refractivity (Wildman–Crippen MR) is 82.0 cm³/mol. The summed E-state index contributed by atoms with van der Waals surface area (Å²) in [5, 5.41) is 6.94. The topological polar surface area (TPSA) is 77.8 Å². The normalized spacial score (nSPS) is 10.9. The quantitative estimate of drug-likeness (QED) is 0.756. The van der Waals surface area contributed by atoms with Crippen molar-refractivity contribution in [1.29, 1.82) is 0 Å². The van der Waals surface area contributed by atoms with E-state index in [1.165, 1.54) is 5.56 Å². The van der Waals surface area contributed by atoms with Gasteiger partial charge in [-0.2, -0.15) is 4.98 Å². The monoisotopic (exact) mass is 300 g/mol. The van der Waals surface area contributed by atoms with E-state index in [2.05, 4.69) is 27.3 Å². The lowest BCUT2D eigenvalue weighted by Gasteiger charge is -1.96. The van der Waals surface area contributed by atoms with Crippen LogP contribution < -0.4 is 5.73 Å². The molecule has 5 nitrogen and oxygen atoms in total. The Morgan fingerprint density at radius 3 is 2.71 bits per heavy atom. The highest BCUT2D eigenvalue weighted by Crippen LogP contribution is 2.20. The van der Waals surface area contributed by atoms with E-state index < -0.39 is 0 Å². The SMILES string of the molecule is NCCc1nc(-c2nc(CCc3ccccc3)no2)cs1. The fourth-order valence-corrected chi connectivity index (χ4v) is 2.80. The third-order valence-corrected chi connectivity index (χ3v) is 3.99. The Kier molecular flexibility index (Phi) is 4.37. The number of hydrogen-bond acceptors (Lipinski definition) is 6. The maximum absolute atomic E-state index is 5.52. The van der Waals surface area contributed by atoms with Crippen LogP contribution in [-0.2, 0) is 19.3 Å². The molecule has 0 aliphatic heterocycles. The number of aromatic nitrogens is 3. The molecule has 0 spiro atoms. The zero-order valence-electron chi connectivity index (χ0n) is 11.5. The second-order valence-electron chi connectivity index (χ2n) is 4.67. The van der Waals surface area contributed by atoms with Gasteiger partial charge in [0, 0.05) is 18.2 Å². The van der Waals surface area contributed by atoms with Crippen molar-refractivity contribution >= 4 is 11.3 Å². The first-order valence-electron chi connectivity index (χ1n) is 6.86. The van der Waals surface area contributed by atoms with Gasteiger partial charge in [-0.3, -0.25) is 0 Å². The fourth-order valence-electron chi connectivity index (χ4n) is 2.01. The standard InChI is InChI=1S/C15H16N4OS/c16-9-8-14-17-12(10-21-14)15-18-13(19-20-15)7-6-11-4-2-1-3-5-11/h1-5,10H,6-9,16H2. The number of rotatable bonds is 6. The lowest BCUT2D eigenvalue weighted by molar-refractivity contribution is 0.421. The van der Waals surface area contributed by atoms with Crippen molar-refractivity contribution in [2.75, 3.05) is 6.54 Å². The Balaban J connectivity index is 1.65. The van der Waals surface area contributed by atoms with E-state index >= 15 is 0 Å². The first kappa shape index (κ1) is 13.9. The van der Waals surface area contributed by atoms with Crippen molar-refractivity contribution < 1.29 is 4.52 Å². The average Bonchev–Trinajstić information content (AvgIpc) is 3.15. The molecule has 3 aromatic rings. The summed E-state index contributed by atoms with van der Waals surface area (Å²) in [6.45, 7) is 0.596. The van der Waals surface area contributed by atoms with Crippen LogP contribution in [0.15, 0.2) is 40.2 Å². The Bertz CT molecular complexity index is 693. The Labute approximate surface area is 126 Å². The third-order valence-electron chi connectivity index (χ3n) is 3.08. The first-order valence-corrected chi connectivity index (χ1v) is 7.74. The molecule has 3 rings (SSSR count). The lowest BCUT2D eigenvalue weighted by Crippen LogP contribution is -2.01. The van der Waals surface area contributed by atoms with E-state index in [9.17, 15) is 0 Å². The van der Waals surface area contributed by atoms with Crippen molar-refractivity contribution in [3.63, 3.8) is 0 Å². The van der Waals surface area contributed by atoms with Crippen LogP contribution in [0.1, 0.15) is 16.4 Å². The maximum Gasteiger partial charge on any atom is 0.277 e. The second-order valence-corrected chi connectivity index (χ2v) is 5.61. The zero-order chi connectivity index (χ0) is 14.5. The first-order chi connectivity index (χ1) is 10.3. The molecule has 0 fully saturated rings. The van der Waals surface area contributed by atoms with Gasteiger partial charge in [0.2, 0.25) is 0 Å². The Morgan fingerprint density at radius 2 is 1.90 bits per heavy atom. The molecule has 1 aromatic carbocycles. The maximum atomic E-state index is 5.52. The molecule has 0 atom stereocenters. The van der Waals surface area contributed by atoms with Gasteiger partial charge in [-0.25, -0.2) is 4.98 Å². The molecule has 6 heteroatoms. The van der Waals surface area contributed by atoms with Gasteiger partial charge in [0.25, 0.3) is 5.89 Å². The number of benzene rings is 1. The molecule has 0 aliphatic rings. The Hall–Kier alpha value is -2.05. The van der Waals surface area contributed by atoms with Crippen molar-refractivity contribution in [2.24, 2.45) is 5.73 Å². The van der Waals surface area contributed by atoms with Crippen LogP contribution >= 0.6 is 11.3 Å². The van der Waals surface area contributed by atoms with Crippen LogP contribution in [0.5, 0.6) is 0 Å². The summed E-state index contributed by atoms with van der Waals surface area (Å²) < 4.78 is 5.28. The van der Waals surface area contributed by atoms with E-state index in [1.807, 2.05) is 23.6 Å². The van der Waals surface area contributed by atoms with Crippen molar-refractivity contribution in [2.45, 2.75) is 19.3 Å². The van der Waals surface area contributed by atoms with Crippen LogP contribution in [0, 0.1) is 0 Å². The summed E-state index contributed by atoms with van der Waals surface area (Å²) in [6.07, 6.45) is 2.43. The van der Waals surface area contributed by atoms with Crippen molar-refractivity contribution in [3.05, 3.63) is 52.1 Å². The Morgan fingerprint density at radius 1 is 1.05 bits per heavy atom. The molecule has 2 aromatic heterocycles. The smallest absolute Gasteiger partial charge is 0.277 e. The summed E-state index contributed by atoms with van der Waals surface area (Å²) in [5.74, 6) is 1.19. The highest BCUT2D eigenvalue weighted by molar-refractivity contribution is 7.09. The van der Waals surface area contributed by atoms with E-state index in [0.29, 0.717) is 18.3 Å². The third kappa shape index (κ3) is 3.53. The number of thiazole rings is 1. The largest absolute Gasteiger partial charge is 0.332 e. The summed E-state index contributed by atoms with van der Waals surface area (Å²) in [5.41, 5.74) is 7.53. The molecule has 0 saturated carbocycles. The van der Waals surface area contributed by atoms with Gasteiger partial charge in [0.05, 0.1) is 5.01 Å². The average molecular weight is 300 g/mol. The number of nitrogens with zero attached hydrogens (tertiary/aromatic N) is 3. The summed E-state index contributed by atoms with van der Waals surface area (Å²) >= 11 is 1.57. The summed E-state index contributed by atoms with van der Waals surface area (Å²) in [4.78, 5) is 8.85. The van der Waals surface area contributed by atoms with Gasteiger partial charge < -0.3 is 10.3 Å². The van der Waals surface area contributed by atoms with Gasteiger partial charge in [0.15, 0.2) is 5.82 Å². The second kappa shape index (κ2) is 6.60. The number of aryl methyl sites for hydroxylation is 2. The van der Waals surface area contributed by atoms with Gasteiger partial charge in [-0.15, -0.1) is 11.3 Å². The summed E-state index contributed by atoms with van der Waals surface area (Å²) in [7, 11) is 0. The van der Waals surface area contributed by atoms with Crippen LogP contribution in [0.3, 0.4) is 0 Å². The minimum absolute atomic E-state index is 0.484.